The van der Waals surface area contributed by atoms with Crippen LogP contribution in [0.4, 0.5) is 0 Å². The van der Waals surface area contributed by atoms with Crippen LogP contribution in [0.3, 0.4) is 0 Å². The fourth-order valence-electron chi connectivity index (χ4n) is 1.64. The van der Waals surface area contributed by atoms with Gasteiger partial charge in [-0.1, -0.05) is 6.92 Å². The number of epoxide rings is 1. The van der Waals surface area contributed by atoms with Gasteiger partial charge in [0.15, 0.2) is 0 Å². The van der Waals surface area contributed by atoms with Crippen molar-refractivity contribution >= 4 is 0 Å². The smallest absolute Gasteiger partial charge is 0.132 e. The van der Waals surface area contributed by atoms with Crippen molar-refractivity contribution in [1.82, 2.24) is 0 Å². The van der Waals surface area contributed by atoms with Crippen LogP contribution in [-0.4, -0.2) is 24.9 Å². The van der Waals surface area contributed by atoms with Gasteiger partial charge >= 0.3 is 0 Å². The Hall–Kier alpha value is -1.22. The molecule has 2 rings (SSSR count). The second-order valence-corrected chi connectivity index (χ2v) is 4.85. The molecule has 0 bridgehead atoms. The fourth-order valence-corrected chi connectivity index (χ4v) is 1.64. The highest BCUT2D eigenvalue weighted by molar-refractivity contribution is 5.31. The van der Waals surface area contributed by atoms with Gasteiger partial charge in [0.2, 0.25) is 0 Å². The summed E-state index contributed by atoms with van der Waals surface area (Å²) < 4.78 is 16.7. The first-order chi connectivity index (χ1) is 8.12. The van der Waals surface area contributed by atoms with E-state index in [0.29, 0.717) is 0 Å². The fraction of sp³-hybridized carbons (Fsp3) is 0.571. The normalized spacial score (nSPS) is 18.9. The van der Waals surface area contributed by atoms with E-state index in [1.54, 1.807) is 0 Å². The predicted octanol–water partition coefficient (Wildman–Crippen LogP) is 3.03. The molecule has 0 aliphatic carbocycles. The highest BCUT2D eigenvalue weighted by Crippen LogP contribution is 2.30. The maximum Gasteiger partial charge on any atom is 0.132 e. The lowest BCUT2D eigenvalue weighted by Crippen LogP contribution is -2.34. The van der Waals surface area contributed by atoms with E-state index in [1.807, 2.05) is 38.1 Å². The Morgan fingerprint density at radius 3 is 2.35 bits per heavy atom. The summed E-state index contributed by atoms with van der Waals surface area (Å²) in [6, 6.07) is 7.76. The third-order valence-corrected chi connectivity index (χ3v) is 2.79. The molecule has 1 aliphatic heterocycles. The molecule has 3 heteroatoms. The average molecular weight is 236 g/mol. The molecule has 1 aliphatic rings. The minimum absolute atomic E-state index is 0.221. The van der Waals surface area contributed by atoms with Gasteiger partial charge in [-0.25, -0.2) is 0 Å². The summed E-state index contributed by atoms with van der Waals surface area (Å²) in [5.41, 5.74) is -0.258. The first-order valence-corrected chi connectivity index (χ1v) is 6.15. The van der Waals surface area contributed by atoms with Crippen molar-refractivity contribution in [3.63, 3.8) is 0 Å². The van der Waals surface area contributed by atoms with Crippen LogP contribution in [0.25, 0.3) is 0 Å². The Balaban J connectivity index is 1.93. The van der Waals surface area contributed by atoms with Gasteiger partial charge in [0, 0.05) is 0 Å². The third kappa shape index (κ3) is 3.37. The molecule has 1 heterocycles. The van der Waals surface area contributed by atoms with Gasteiger partial charge in [-0.3, -0.25) is 0 Å². The number of rotatable bonds is 6. The molecule has 0 amide bonds. The lowest BCUT2D eigenvalue weighted by molar-refractivity contribution is 0.0743. The Kier molecular flexibility index (Phi) is 3.57. The molecule has 1 saturated heterocycles. The van der Waals surface area contributed by atoms with E-state index < -0.39 is 0 Å². The van der Waals surface area contributed by atoms with E-state index in [1.165, 1.54) is 0 Å². The number of ether oxygens (including phenoxy) is 3. The molecule has 0 N–H and O–H groups in total. The van der Waals surface area contributed by atoms with E-state index >= 15 is 0 Å². The lowest BCUT2D eigenvalue weighted by Gasteiger charge is -2.24. The van der Waals surface area contributed by atoms with Crippen LogP contribution in [0.15, 0.2) is 24.3 Å². The number of hydrogen-bond acceptors (Lipinski definition) is 3. The van der Waals surface area contributed by atoms with Gasteiger partial charge in [-0.2, -0.15) is 0 Å². The predicted molar refractivity (Wildman–Crippen MR) is 66.7 cm³/mol. The van der Waals surface area contributed by atoms with Gasteiger partial charge in [0.1, 0.15) is 23.2 Å². The van der Waals surface area contributed by atoms with E-state index in [9.17, 15) is 0 Å². The van der Waals surface area contributed by atoms with Gasteiger partial charge in [-0.05, 0) is 44.5 Å². The van der Waals surface area contributed by atoms with Crippen molar-refractivity contribution in [3.8, 4) is 11.5 Å². The molecule has 94 valence electrons. The van der Waals surface area contributed by atoms with Gasteiger partial charge in [0.25, 0.3) is 0 Å². The molecule has 0 aromatic heterocycles. The number of hydrogen-bond donors (Lipinski definition) is 0. The standard InChI is InChI=1S/C14H20O3/c1-4-9-15-11-5-7-12(8-6-11)17-14(2,3)13-10-16-13/h5-8,13H,4,9-10H2,1-3H3. The average Bonchev–Trinajstić information content (AvgIpc) is 3.12. The van der Waals surface area contributed by atoms with Crippen molar-refractivity contribution in [2.45, 2.75) is 38.9 Å². The molecule has 1 fully saturated rings. The monoisotopic (exact) mass is 236 g/mol. The van der Waals surface area contributed by atoms with Gasteiger partial charge < -0.3 is 14.2 Å². The van der Waals surface area contributed by atoms with Crippen LogP contribution in [0.2, 0.25) is 0 Å². The maximum absolute atomic E-state index is 5.90. The Labute approximate surface area is 103 Å². The quantitative estimate of drug-likeness (QED) is 0.711. The zero-order valence-corrected chi connectivity index (χ0v) is 10.7. The van der Waals surface area contributed by atoms with Crippen molar-refractivity contribution in [1.29, 1.82) is 0 Å². The summed E-state index contributed by atoms with van der Waals surface area (Å²) in [5.74, 6) is 1.74. The van der Waals surface area contributed by atoms with Crippen molar-refractivity contribution in [3.05, 3.63) is 24.3 Å². The van der Waals surface area contributed by atoms with Crippen molar-refractivity contribution in [2.75, 3.05) is 13.2 Å². The summed E-state index contributed by atoms with van der Waals surface area (Å²) >= 11 is 0. The first kappa shape index (κ1) is 12.2. The van der Waals surface area contributed by atoms with E-state index in [0.717, 1.165) is 31.1 Å². The van der Waals surface area contributed by atoms with E-state index in [-0.39, 0.29) is 11.7 Å². The molecular formula is C14H20O3. The Morgan fingerprint density at radius 2 is 1.82 bits per heavy atom. The summed E-state index contributed by atoms with van der Waals surface area (Å²) in [7, 11) is 0. The van der Waals surface area contributed by atoms with E-state index in [2.05, 4.69) is 6.92 Å². The minimum Gasteiger partial charge on any atom is -0.494 e. The second kappa shape index (κ2) is 4.96. The van der Waals surface area contributed by atoms with Gasteiger partial charge in [-0.15, -0.1) is 0 Å². The second-order valence-electron chi connectivity index (χ2n) is 4.85. The van der Waals surface area contributed by atoms with Crippen LogP contribution < -0.4 is 9.47 Å². The highest BCUT2D eigenvalue weighted by atomic mass is 16.6. The maximum atomic E-state index is 5.90. The van der Waals surface area contributed by atoms with Gasteiger partial charge in [0.05, 0.1) is 13.2 Å². The topological polar surface area (TPSA) is 31.0 Å². The molecule has 3 nitrogen and oxygen atoms in total. The third-order valence-electron chi connectivity index (χ3n) is 2.79. The molecule has 1 unspecified atom stereocenters. The first-order valence-electron chi connectivity index (χ1n) is 6.15. The van der Waals surface area contributed by atoms with Crippen molar-refractivity contribution < 1.29 is 14.2 Å². The summed E-state index contributed by atoms with van der Waals surface area (Å²) in [4.78, 5) is 0. The minimum atomic E-state index is -0.258. The zero-order chi connectivity index (χ0) is 12.3. The molecule has 0 spiro atoms. The van der Waals surface area contributed by atoms with Crippen LogP contribution in [-0.2, 0) is 4.74 Å². The SMILES string of the molecule is CCCOc1ccc(OC(C)(C)C2CO2)cc1. The molecule has 0 radical (unpaired) electrons. The summed E-state index contributed by atoms with van der Waals surface area (Å²) in [5, 5.41) is 0. The molecule has 1 atom stereocenters. The van der Waals surface area contributed by atoms with Crippen LogP contribution in [0.1, 0.15) is 27.2 Å². The lowest BCUT2D eigenvalue weighted by atomic mass is 10.1. The molecular weight excluding hydrogens is 216 g/mol. The highest BCUT2D eigenvalue weighted by Gasteiger charge is 2.41. The molecule has 1 aromatic rings. The Bertz CT molecular complexity index is 352. The molecule has 0 saturated carbocycles. The Morgan fingerprint density at radius 1 is 1.24 bits per heavy atom. The van der Waals surface area contributed by atoms with Crippen LogP contribution in [0.5, 0.6) is 11.5 Å². The molecule has 1 aromatic carbocycles. The number of benzene rings is 1. The van der Waals surface area contributed by atoms with Crippen LogP contribution >= 0.6 is 0 Å². The zero-order valence-electron chi connectivity index (χ0n) is 10.7. The van der Waals surface area contributed by atoms with Crippen LogP contribution in [0, 0.1) is 0 Å². The molecule has 17 heavy (non-hydrogen) atoms. The van der Waals surface area contributed by atoms with Crippen molar-refractivity contribution in [2.24, 2.45) is 0 Å². The largest absolute Gasteiger partial charge is 0.494 e. The van der Waals surface area contributed by atoms with E-state index in [4.69, 9.17) is 14.2 Å². The summed E-state index contributed by atoms with van der Waals surface area (Å²) in [6.45, 7) is 7.74. The summed E-state index contributed by atoms with van der Waals surface area (Å²) in [6.07, 6.45) is 1.24.